The fraction of sp³-hybridized carbons (Fsp3) is 0.455. The van der Waals surface area contributed by atoms with Crippen molar-refractivity contribution in [3.8, 4) is 0 Å². The Balaban J connectivity index is 0.00000361. The first-order valence-electron chi connectivity index (χ1n) is 5.62. The molecule has 20 heavy (non-hydrogen) atoms. The molecule has 1 aromatic rings. The summed E-state index contributed by atoms with van der Waals surface area (Å²) in [6.07, 6.45) is 0. The molecule has 0 atom stereocenters. The van der Waals surface area contributed by atoms with Crippen LogP contribution in [0.4, 0.5) is 4.39 Å². The number of hydrogen-bond donors (Lipinski definition) is 2. The van der Waals surface area contributed by atoms with Crippen LogP contribution in [0.2, 0.25) is 0 Å². The van der Waals surface area contributed by atoms with Gasteiger partial charge in [0.15, 0.2) is 0 Å². The van der Waals surface area contributed by atoms with E-state index in [0.29, 0.717) is 24.2 Å². The molecule has 0 bridgehead atoms. The summed E-state index contributed by atoms with van der Waals surface area (Å²) >= 11 is 3.11. The summed E-state index contributed by atoms with van der Waals surface area (Å²) in [5.41, 5.74) is 0. The molecule has 0 aliphatic carbocycles. The van der Waals surface area contributed by atoms with Crippen LogP contribution in [0.1, 0.15) is 0 Å². The predicted molar refractivity (Wildman–Crippen MR) is 81.3 cm³/mol. The van der Waals surface area contributed by atoms with E-state index in [1.54, 1.807) is 7.11 Å². The van der Waals surface area contributed by atoms with Crippen LogP contribution >= 0.6 is 28.3 Å². The van der Waals surface area contributed by atoms with E-state index in [2.05, 4.69) is 26.0 Å². The predicted octanol–water partition coefficient (Wildman–Crippen LogP) is 1.52. The fourth-order valence-electron chi connectivity index (χ4n) is 1.33. The molecular formula is C11H17BrClFN2O3S. The lowest BCUT2D eigenvalue weighted by atomic mass is 10.3. The quantitative estimate of drug-likeness (QED) is 0.660. The van der Waals surface area contributed by atoms with E-state index in [0.717, 1.165) is 6.07 Å². The number of rotatable bonds is 8. The Morgan fingerprint density at radius 3 is 2.65 bits per heavy atom. The van der Waals surface area contributed by atoms with Crippen molar-refractivity contribution in [2.24, 2.45) is 0 Å². The zero-order chi connectivity index (χ0) is 14.3. The molecule has 0 spiro atoms. The molecule has 0 radical (unpaired) electrons. The Labute approximate surface area is 132 Å². The van der Waals surface area contributed by atoms with Crippen molar-refractivity contribution in [3.05, 3.63) is 28.5 Å². The van der Waals surface area contributed by atoms with Crippen molar-refractivity contribution < 1.29 is 17.5 Å². The molecule has 116 valence electrons. The van der Waals surface area contributed by atoms with Gasteiger partial charge in [-0.15, -0.1) is 12.4 Å². The highest BCUT2D eigenvalue weighted by atomic mass is 79.9. The normalized spacial score (nSPS) is 11.2. The van der Waals surface area contributed by atoms with Crippen LogP contribution in [0.25, 0.3) is 0 Å². The van der Waals surface area contributed by atoms with Crippen LogP contribution in [0.3, 0.4) is 0 Å². The molecule has 1 rings (SSSR count). The monoisotopic (exact) mass is 390 g/mol. The molecule has 0 aliphatic heterocycles. The van der Waals surface area contributed by atoms with Crippen molar-refractivity contribution >= 4 is 38.4 Å². The topological polar surface area (TPSA) is 67.4 Å². The third-order valence-corrected chi connectivity index (χ3v) is 4.23. The van der Waals surface area contributed by atoms with Gasteiger partial charge in [0.25, 0.3) is 0 Å². The van der Waals surface area contributed by atoms with Gasteiger partial charge in [0, 0.05) is 31.2 Å². The molecule has 0 aliphatic rings. The number of methoxy groups -OCH3 is 1. The summed E-state index contributed by atoms with van der Waals surface area (Å²) in [4.78, 5) is -0.362. The lowest BCUT2D eigenvalue weighted by Gasteiger charge is -2.08. The van der Waals surface area contributed by atoms with E-state index in [4.69, 9.17) is 4.74 Å². The first kappa shape index (κ1) is 19.8. The number of sulfonamides is 1. The van der Waals surface area contributed by atoms with Gasteiger partial charge in [-0.1, -0.05) is 15.9 Å². The third kappa shape index (κ3) is 6.47. The second kappa shape index (κ2) is 9.64. The lowest BCUT2D eigenvalue weighted by Crippen LogP contribution is -2.33. The van der Waals surface area contributed by atoms with E-state index >= 15 is 0 Å². The van der Waals surface area contributed by atoms with Gasteiger partial charge in [-0.05, 0) is 18.2 Å². The van der Waals surface area contributed by atoms with Crippen molar-refractivity contribution in [1.29, 1.82) is 0 Å². The average molecular weight is 392 g/mol. The van der Waals surface area contributed by atoms with Gasteiger partial charge in [-0.2, -0.15) is 0 Å². The standard InChI is InChI=1S/C11H16BrFN2O3S.ClH/c1-18-7-6-14-4-5-15-19(16,17)11-8-9(12)2-3-10(11)13;/h2-3,8,14-15H,4-7H2,1H3;1H. The Hall–Kier alpha value is -0.250. The van der Waals surface area contributed by atoms with Crippen LogP contribution in [-0.2, 0) is 14.8 Å². The molecule has 0 aromatic heterocycles. The van der Waals surface area contributed by atoms with Crippen LogP contribution < -0.4 is 10.0 Å². The Morgan fingerprint density at radius 2 is 2.00 bits per heavy atom. The summed E-state index contributed by atoms with van der Waals surface area (Å²) in [6, 6.07) is 3.78. The van der Waals surface area contributed by atoms with Crippen molar-refractivity contribution in [2.75, 3.05) is 33.4 Å². The summed E-state index contributed by atoms with van der Waals surface area (Å²) in [6.45, 7) is 1.80. The molecule has 2 N–H and O–H groups in total. The Bertz CT molecular complexity index is 516. The van der Waals surface area contributed by atoms with Crippen molar-refractivity contribution in [1.82, 2.24) is 10.0 Å². The zero-order valence-electron chi connectivity index (χ0n) is 10.9. The number of nitrogens with one attached hydrogen (secondary N) is 2. The van der Waals surface area contributed by atoms with Gasteiger partial charge in [-0.25, -0.2) is 17.5 Å². The van der Waals surface area contributed by atoms with Crippen LogP contribution in [-0.4, -0.2) is 41.8 Å². The summed E-state index contributed by atoms with van der Waals surface area (Å²) < 4.78 is 44.9. The van der Waals surface area contributed by atoms with Crippen LogP contribution in [0.5, 0.6) is 0 Å². The molecule has 0 amide bonds. The summed E-state index contributed by atoms with van der Waals surface area (Å²) in [7, 11) is -2.25. The summed E-state index contributed by atoms with van der Waals surface area (Å²) in [5, 5.41) is 2.98. The molecule has 9 heteroatoms. The highest BCUT2D eigenvalue weighted by molar-refractivity contribution is 9.10. The molecule has 0 saturated heterocycles. The maximum Gasteiger partial charge on any atom is 0.243 e. The maximum absolute atomic E-state index is 13.5. The SMILES string of the molecule is COCCNCCNS(=O)(=O)c1cc(Br)ccc1F.Cl. The molecule has 5 nitrogen and oxygen atoms in total. The van der Waals surface area contributed by atoms with Crippen LogP contribution in [0.15, 0.2) is 27.6 Å². The molecule has 0 heterocycles. The van der Waals surface area contributed by atoms with E-state index < -0.39 is 15.8 Å². The molecular weight excluding hydrogens is 375 g/mol. The highest BCUT2D eigenvalue weighted by Crippen LogP contribution is 2.19. The first-order chi connectivity index (χ1) is 8.97. The first-order valence-corrected chi connectivity index (χ1v) is 7.89. The maximum atomic E-state index is 13.5. The van der Waals surface area contributed by atoms with Gasteiger partial charge in [0.05, 0.1) is 6.61 Å². The zero-order valence-corrected chi connectivity index (χ0v) is 14.1. The number of benzene rings is 1. The smallest absolute Gasteiger partial charge is 0.243 e. The second-order valence-corrected chi connectivity index (χ2v) is 6.37. The van der Waals surface area contributed by atoms with Gasteiger partial charge in [-0.3, -0.25) is 0 Å². The minimum Gasteiger partial charge on any atom is -0.383 e. The Kier molecular flexibility index (Phi) is 9.52. The highest BCUT2D eigenvalue weighted by Gasteiger charge is 2.18. The van der Waals surface area contributed by atoms with Gasteiger partial charge in [0.1, 0.15) is 10.7 Å². The second-order valence-electron chi connectivity index (χ2n) is 3.72. The third-order valence-electron chi connectivity index (χ3n) is 2.26. The molecule has 0 saturated carbocycles. The Morgan fingerprint density at radius 1 is 1.30 bits per heavy atom. The largest absolute Gasteiger partial charge is 0.383 e. The van der Waals surface area contributed by atoms with E-state index in [1.807, 2.05) is 0 Å². The molecule has 0 fully saturated rings. The van der Waals surface area contributed by atoms with Gasteiger partial charge >= 0.3 is 0 Å². The molecule has 0 unspecified atom stereocenters. The average Bonchev–Trinajstić information content (AvgIpc) is 2.36. The van der Waals surface area contributed by atoms with Gasteiger partial charge < -0.3 is 10.1 Å². The number of hydrogen-bond acceptors (Lipinski definition) is 4. The minimum absolute atomic E-state index is 0. The number of halogens is 3. The fourth-order valence-corrected chi connectivity index (χ4v) is 2.98. The van der Waals surface area contributed by atoms with E-state index in [9.17, 15) is 12.8 Å². The van der Waals surface area contributed by atoms with Crippen molar-refractivity contribution in [2.45, 2.75) is 4.90 Å². The van der Waals surface area contributed by atoms with E-state index in [1.165, 1.54) is 12.1 Å². The molecule has 1 aromatic carbocycles. The summed E-state index contributed by atoms with van der Waals surface area (Å²) in [5.74, 6) is -0.775. The van der Waals surface area contributed by atoms with Crippen LogP contribution in [0, 0.1) is 5.82 Å². The minimum atomic E-state index is -3.83. The van der Waals surface area contributed by atoms with Gasteiger partial charge in [0.2, 0.25) is 10.0 Å². The lowest BCUT2D eigenvalue weighted by molar-refractivity contribution is 0.199. The van der Waals surface area contributed by atoms with E-state index in [-0.39, 0.29) is 23.8 Å². The number of ether oxygens (including phenoxy) is 1. The van der Waals surface area contributed by atoms with Crippen molar-refractivity contribution in [3.63, 3.8) is 0 Å².